The lowest BCUT2D eigenvalue weighted by molar-refractivity contribution is 0.530. The first-order valence-electron chi connectivity index (χ1n) is 7.93. The molecule has 112 valence electrons. The number of benzene rings is 1. The maximum absolute atomic E-state index is 6.48. The van der Waals surface area contributed by atoms with Crippen molar-refractivity contribution in [1.82, 2.24) is 0 Å². The number of anilines is 1. The topological polar surface area (TPSA) is 29.3 Å². The van der Waals surface area contributed by atoms with Crippen LogP contribution in [0.5, 0.6) is 0 Å². The quantitative estimate of drug-likeness (QED) is 0.850. The Balaban J connectivity index is 2.03. The van der Waals surface area contributed by atoms with Gasteiger partial charge in [0.1, 0.15) is 0 Å². The molecule has 2 rings (SSSR count). The van der Waals surface area contributed by atoms with Crippen LogP contribution in [-0.4, -0.2) is 19.1 Å². The van der Waals surface area contributed by atoms with Gasteiger partial charge in [-0.05, 0) is 49.3 Å². The van der Waals surface area contributed by atoms with Crippen LogP contribution in [0, 0.1) is 5.92 Å². The van der Waals surface area contributed by atoms with E-state index in [2.05, 4.69) is 36.9 Å². The van der Waals surface area contributed by atoms with E-state index in [4.69, 9.17) is 17.3 Å². The van der Waals surface area contributed by atoms with Crippen LogP contribution >= 0.6 is 11.6 Å². The van der Waals surface area contributed by atoms with Gasteiger partial charge in [0.15, 0.2) is 0 Å². The first-order valence-corrected chi connectivity index (χ1v) is 8.30. The summed E-state index contributed by atoms with van der Waals surface area (Å²) in [7, 11) is 0. The molecule has 1 aromatic carbocycles. The monoisotopic (exact) mass is 294 g/mol. The number of hydrogen-bond acceptors (Lipinski definition) is 2. The normalized spacial score (nSPS) is 20.4. The molecule has 0 aliphatic carbocycles. The van der Waals surface area contributed by atoms with E-state index < -0.39 is 0 Å². The van der Waals surface area contributed by atoms with Crippen LogP contribution in [0.4, 0.5) is 5.69 Å². The average molecular weight is 295 g/mol. The molecule has 0 aromatic heterocycles. The Morgan fingerprint density at radius 1 is 1.40 bits per heavy atom. The summed E-state index contributed by atoms with van der Waals surface area (Å²) >= 11 is 6.48. The van der Waals surface area contributed by atoms with Gasteiger partial charge in [0, 0.05) is 19.1 Å². The summed E-state index contributed by atoms with van der Waals surface area (Å²) in [6.07, 6.45) is 5.82. The Bertz CT molecular complexity index is 433. The fourth-order valence-electron chi connectivity index (χ4n) is 3.08. The average Bonchev–Trinajstić information content (AvgIpc) is 2.87. The molecule has 1 fully saturated rings. The smallest absolute Gasteiger partial charge is 0.0642 e. The van der Waals surface area contributed by atoms with E-state index in [0.717, 1.165) is 36.9 Å². The summed E-state index contributed by atoms with van der Waals surface area (Å²) in [4.78, 5) is 2.44. The van der Waals surface area contributed by atoms with Crippen LogP contribution in [-0.2, 0) is 6.42 Å². The highest BCUT2D eigenvalue weighted by Gasteiger charge is 2.23. The molecular formula is C17H27ClN2. The molecule has 0 bridgehead atoms. The molecule has 3 heteroatoms. The van der Waals surface area contributed by atoms with Gasteiger partial charge in [-0.2, -0.15) is 0 Å². The molecule has 0 radical (unpaired) electrons. The maximum atomic E-state index is 6.48. The minimum atomic E-state index is 0.234. The fraction of sp³-hybridized carbons (Fsp3) is 0.647. The van der Waals surface area contributed by atoms with E-state index in [1.165, 1.54) is 30.5 Å². The third-order valence-electron chi connectivity index (χ3n) is 4.36. The Morgan fingerprint density at radius 3 is 2.85 bits per heavy atom. The second kappa shape index (κ2) is 7.33. The Morgan fingerprint density at radius 2 is 2.20 bits per heavy atom. The molecule has 20 heavy (non-hydrogen) atoms. The van der Waals surface area contributed by atoms with Crippen LogP contribution in [0.15, 0.2) is 18.2 Å². The number of rotatable bonds is 6. The largest absolute Gasteiger partial charge is 0.370 e. The maximum Gasteiger partial charge on any atom is 0.0642 e. The molecule has 1 aromatic rings. The van der Waals surface area contributed by atoms with Gasteiger partial charge in [-0.15, -0.1) is 0 Å². The molecule has 0 amide bonds. The standard InChI is InChI=1S/C17H27ClN2/c1-3-5-13-8-9-20(12-13)17-7-6-14(11-16(17)18)10-15(19)4-2/h6-7,11,13,15H,3-5,8-10,12,19H2,1-2H3. The highest BCUT2D eigenvalue weighted by Crippen LogP contribution is 2.32. The van der Waals surface area contributed by atoms with Gasteiger partial charge < -0.3 is 10.6 Å². The van der Waals surface area contributed by atoms with Gasteiger partial charge in [0.25, 0.3) is 0 Å². The summed E-state index contributed by atoms with van der Waals surface area (Å²) in [5.74, 6) is 0.837. The third kappa shape index (κ3) is 3.89. The SMILES string of the molecule is CCCC1CCN(c2ccc(CC(N)CC)cc2Cl)C1. The molecule has 1 heterocycles. The third-order valence-corrected chi connectivity index (χ3v) is 4.66. The van der Waals surface area contributed by atoms with Gasteiger partial charge in [-0.3, -0.25) is 0 Å². The highest BCUT2D eigenvalue weighted by molar-refractivity contribution is 6.33. The zero-order valence-electron chi connectivity index (χ0n) is 12.7. The first kappa shape index (κ1) is 15.7. The van der Waals surface area contributed by atoms with Crippen molar-refractivity contribution in [2.45, 2.75) is 52.0 Å². The Hall–Kier alpha value is -0.730. The van der Waals surface area contributed by atoms with Crippen molar-refractivity contribution in [3.63, 3.8) is 0 Å². The van der Waals surface area contributed by atoms with Crippen LogP contribution in [0.1, 0.15) is 45.1 Å². The van der Waals surface area contributed by atoms with Crippen LogP contribution < -0.4 is 10.6 Å². The first-order chi connectivity index (χ1) is 9.63. The van der Waals surface area contributed by atoms with Crippen LogP contribution in [0.2, 0.25) is 5.02 Å². The highest BCUT2D eigenvalue weighted by atomic mass is 35.5. The lowest BCUT2D eigenvalue weighted by atomic mass is 10.0. The Kier molecular flexibility index (Phi) is 5.74. The zero-order valence-corrected chi connectivity index (χ0v) is 13.5. The molecule has 0 spiro atoms. The van der Waals surface area contributed by atoms with Crippen molar-refractivity contribution in [2.75, 3.05) is 18.0 Å². The van der Waals surface area contributed by atoms with E-state index in [1.54, 1.807) is 0 Å². The van der Waals surface area contributed by atoms with Gasteiger partial charge in [-0.25, -0.2) is 0 Å². The van der Waals surface area contributed by atoms with Crippen LogP contribution in [0.25, 0.3) is 0 Å². The summed E-state index contributed by atoms with van der Waals surface area (Å²) in [6, 6.07) is 6.69. The second-order valence-electron chi connectivity index (χ2n) is 6.05. The number of hydrogen-bond donors (Lipinski definition) is 1. The van der Waals surface area contributed by atoms with E-state index in [9.17, 15) is 0 Å². The van der Waals surface area contributed by atoms with Crippen molar-refractivity contribution in [2.24, 2.45) is 11.7 Å². The molecule has 1 saturated heterocycles. The van der Waals surface area contributed by atoms with Crippen molar-refractivity contribution in [1.29, 1.82) is 0 Å². The summed E-state index contributed by atoms with van der Waals surface area (Å²) in [5, 5.41) is 0.878. The molecule has 2 atom stereocenters. The lowest BCUT2D eigenvalue weighted by Crippen LogP contribution is -2.22. The van der Waals surface area contributed by atoms with Crippen molar-refractivity contribution < 1.29 is 0 Å². The van der Waals surface area contributed by atoms with Crippen molar-refractivity contribution in [3.8, 4) is 0 Å². The minimum Gasteiger partial charge on any atom is -0.370 e. The molecule has 2 unspecified atom stereocenters. The zero-order chi connectivity index (χ0) is 14.5. The molecule has 2 nitrogen and oxygen atoms in total. The summed E-state index contributed by atoms with van der Waals surface area (Å²) in [5.41, 5.74) is 8.45. The molecule has 0 saturated carbocycles. The molecule has 2 N–H and O–H groups in total. The van der Waals surface area contributed by atoms with Crippen molar-refractivity contribution in [3.05, 3.63) is 28.8 Å². The second-order valence-corrected chi connectivity index (χ2v) is 6.45. The predicted octanol–water partition coefficient (Wildman–Crippen LogP) is 4.25. The fourth-order valence-corrected chi connectivity index (χ4v) is 3.40. The minimum absolute atomic E-state index is 0.234. The number of halogens is 1. The lowest BCUT2D eigenvalue weighted by Gasteiger charge is -2.21. The molecular weight excluding hydrogens is 268 g/mol. The van der Waals surface area contributed by atoms with Gasteiger partial charge in [-0.1, -0.05) is 37.9 Å². The summed E-state index contributed by atoms with van der Waals surface area (Å²) in [6.45, 7) is 6.68. The van der Waals surface area contributed by atoms with Gasteiger partial charge in [0.2, 0.25) is 0 Å². The Labute approximate surface area is 128 Å². The van der Waals surface area contributed by atoms with E-state index >= 15 is 0 Å². The van der Waals surface area contributed by atoms with E-state index in [0.29, 0.717) is 0 Å². The van der Waals surface area contributed by atoms with Gasteiger partial charge in [0.05, 0.1) is 10.7 Å². The molecule has 1 aliphatic heterocycles. The number of nitrogens with two attached hydrogens (primary N) is 1. The van der Waals surface area contributed by atoms with E-state index in [1.807, 2.05) is 0 Å². The van der Waals surface area contributed by atoms with Gasteiger partial charge >= 0.3 is 0 Å². The number of nitrogens with zero attached hydrogens (tertiary/aromatic N) is 1. The van der Waals surface area contributed by atoms with Crippen molar-refractivity contribution >= 4 is 17.3 Å². The van der Waals surface area contributed by atoms with Crippen LogP contribution in [0.3, 0.4) is 0 Å². The summed E-state index contributed by atoms with van der Waals surface area (Å²) < 4.78 is 0. The molecule has 1 aliphatic rings. The predicted molar refractivity (Wildman–Crippen MR) is 88.7 cm³/mol. The van der Waals surface area contributed by atoms with E-state index in [-0.39, 0.29) is 6.04 Å².